The van der Waals surface area contributed by atoms with Crippen LogP contribution in [0.1, 0.15) is 12.5 Å². The van der Waals surface area contributed by atoms with Crippen LogP contribution in [0.5, 0.6) is 0 Å². The van der Waals surface area contributed by atoms with Crippen molar-refractivity contribution >= 4 is 5.97 Å². The SMILES string of the molecule is CC(C(=O)O)C1(c2ccccc2F)COC1. The van der Waals surface area contributed by atoms with E-state index in [1.54, 1.807) is 25.1 Å². The van der Waals surface area contributed by atoms with Gasteiger partial charge in [0.15, 0.2) is 0 Å². The highest BCUT2D eigenvalue weighted by Gasteiger charge is 2.49. The molecule has 0 saturated carbocycles. The van der Waals surface area contributed by atoms with Crippen molar-refractivity contribution in [3.63, 3.8) is 0 Å². The van der Waals surface area contributed by atoms with E-state index in [9.17, 15) is 9.18 Å². The standard InChI is InChI=1S/C12H13FO3/c1-8(11(14)15)12(6-16-7-12)9-4-2-3-5-10(9)13/h2-5,8H,6-7H2,1H3,(H,14,15). The molecular formula is C12H13FO3. The van der Waals surface area contributed by atoms with Gasteiger partial charge in [0.1, 0.15) is 5.82 Å². The van der Waals surface area contributed by atoms with Crippen molar-refractivity contribution in [3.8, 4) is 0 Å². The molecule has 0 bridgehead atoms. The Hall–Kier alpha value is -1.42. The summed E-state index contributed by atoms with van der Waals surface area (Å²) in [5, 5.41) is 9.06. The molecule has 1 N–H and O–H groups in total. The molecule has 1 unspecified atom stereocenters. The van der Waals surface area contributed by atoms with Gasteiger partial charge in [0.05, 0.1) is 24.5 Å². The molecule has 1 aliphatic rings. The van der Waals surface area contributed by atoms with E-state index in [-0.39, 0.29) is 19.0 Å². The second-order valence-electron chi connectivity index (χ2n) is 4.19. The first-order chi connectivity index (χ1) is 7.58. The van der Waals surface area contributed by atoms with Gasteiger partial charge in [-0.2, -0.15) is 0 Å². The molecular weight excluding hydrogens is 211 g/mol. The second kappa shape index (κ2) is 3.87. The summed E-state index contributed by atoms with van der Waals surface area (Å²) in [5.74, 6) is -1.94. The van der Waals surface area contributed by atoms with Crippen molar-refractivity contribution in [2.75, 3.05) is 13.2 Å². The average molecular weight is 224 g/mol. The van der Waals surface area contributed by atoms with Crippen molar-refractivity contribution in [1.82, 2.24) is 0 Å². The molecule has 86 valence electrons. The molecule has 4 heteroatoms. The number of carbonyl (C=O) groups is 1. The van der Waals surface area contributed by atoms with E-state index in [1.807, 2.05) is 0 Å². The summed E-state index contributed by atoms with van der Waals surface area (Å²) in [4.78, 5) is 11.0. The zero-order valence-electron chi connectivity index (χ0n) is 8.94. The maximum atomic E-state index is 13.7. The van der Waals surface area contributed by atoms with Crippen LogP contribution in [0, 0.1) is 11.7 Å². The molecule has 1 aromatic rings. The number of aliphatic carboxylic acids is 1. The van der Waals surface area contributed by atoms with Crippen LogP contribution in [0.25, 0.3) is 0 Å². The minimum absolute atomic E-state index is 0.265. The van der Waals surface area contributed by atoms with Gasteiger partial charge in [-0.15, -0.1) is 0 Å². The van der Waals surface area contributed by atoms with Gasteiger partial charge in [0, 0.05) is 0 Å². The molecule has 0 aromatic heterocycles. The summed E-state index contributed by atoms with van der Waals surface area (Å²) in [5.41, 5.74) is -0.270. The van der Waals surface area contributed by atoms with Crippen LogP contribution >= 0.6 is 0 Å². The molecule has 1 heterocycles. The molecule has 1 fully saturated rings. The molecule has 3 nitrogen and oxygen atoms in total. The number of ether oxygens (including phenoxy) is 1. The van der Waals surface area contributed by atoms with E-state index in [0.29, 0.717) is 5.56 Å². The van der Waals surface area contributed by atoms with Gasteiger partial charge >= 0.3 is 5.97 Å². The Kier molecular flexibility index (Phi) is 2.68. The molecule has 1 aromatic carbocycles. The number of carboxylic acid groups (broad SMARTS) is 1. The normalized spacial score (nSPS) is 19.9. The topological polar surface area (TPSA) is 46.5 Å². The lowest BCUT2D eigenvalue weighted by atomic mass is 9.69. The van der Waals surface area contributed by atoms with Gasteiger partial charge in [-0.25, -0.2) is 4.39 Å². The summed E-state index contributed by atoms with van der Waals surface area (Å²) in [7, 11) is 0. The summed E-state index contributed by atoms with van der Waals surface area (Å²) in [6.45, 7) is 2.13. The first-order valence-corrected chi connectivity index (χ1v) is 5.13. The lowest BCUT2D eigenvalue weighted by Crippen LogP contribution is -2.54. The first-order valence-electron chi connectivity index (χ1n) is 5.13. The Labute approximate surface area is 92.9 Å². The third kappa shape index (κ3) is 1.50. The molecule has 0 spiro atoms. The van der Waals surface area contributed by atoms with Crippen molar-refractivity contribution in [2.45, 2.75) is 12.3 Å². The second-order valence-corrected chi connectivity index (χ2v) is 4.19. The fraction of sp³-hybridized carbons (Fsp3) is 0.417. The minimum atomic E-state index is -0.924. The predicted molar refractivity (Wildman–Crippen MR) is 55.7 cm³/mol. The van der Waals surface area contributed by atoms with Crippen molar-refractivity contribution < 1.29 is 19.0 Å². The van der Waals surface area contributed by atoms with Crippen molar-refractivity contribution in [2.24, 2.45) is 5.92 Å². The highest BCUT2D eigenvalue weighted by Crippen LogP contribution is 2.40. The molecule has 0 radical (unpaired) electrons. The Bertz CT molecular complexity index is 412. The Balaban J connectivity index is 2.43. The number of halogens is 1. The fourth-order valence-electron chi connectivity index (χ4n) is 2.06. The van der Waals surface area contributed by atoms with Gasteiger partial charge in [0.25, 0.3) is 0 Å². The lowest BCUT2D eigenvalue weighted by molar-refractivity contribution is -0.155. The van der Waals surface area contributed by atoms with E-state index in [2.05, 4.69) is 0 Å². The van der Waals surface area contributed by atoms with Crippen molar-refractivity contribution in [3.05, 3.63) is 35.6 Å². The highest BCUT2D eigenvalue weighted by atomic mass is 19.1. The number of hydrogen-bond acceptors (Lipinski definition) is 2. The maximum Gasteiger partial charge on any atom is 0.307 e. The summed E-state index contributed by atoms with van der Waals surface area (Å²) >= 11 is 0. The zero-order chi connectivity index (χ0) is 11.8. The average Bonchev–Trinajstić information content (AvgIpc) is 2.18. The summed E-state index contributed by atoms with van der Waals surface area (Å²) in [6, 6.07) is 6.30. The van der Waals surface area contributed by atoms with E-state index in [4.69, 9.17) is 9.84 Å². The quantitative estimate of drug-likeness (QED) is 0.851. The molecule has 1 atom stereocenters. The van der Waals surface area contributed by atoms with Crippen molar-refractivity contribution in [1.29, 1.82) is 0 Å². The number of benzene rings is 1. The maximum absolute atomic E-state index is 13.7. The number of carboxylic acids is 1. The molecule has 0 amide bonds. The largest absolute Gasteiger partial charge is 0.481 e. The number of hydrogen-bond donors (Lipinski definition) is 1. The van der Waals surface area contributed by atoms with Crippen LogP contribution in [0.4, 0.5) is 4.39 Å². The minimum Gasteiger partial charge on any atom is -0.481 e. The Morgan fingerprint density at radius 3 is 2.56 bits per heavy atom. The van der Waals surface area contributed by atoms with Crippen LogP contribution in [0.3, 0.4) is 0 Å². The Morgan fingerprint density at radius 2 is 2.12 bits per heavy atom. The van der Waals surface area contributed by atoms with E-state index in [1.165, 1.54) is 6.07 Å². The van der Waals surface area contributed by atoms with Crippen LogP contribution in [0.15, 0.2) is 24.3 Å². The summed E-state index contributed by atoms with van der Waals surface area (Å²) in [6.07, 6.45) is 0. The fourth-order valence-corrected chi connectivity index (χ4v) is 2.06. The predicted octanol–water partition coefficient (Wildman–Crippen LogP) is 1.81. The Morgan fingerprint density at radius 1 is 1.50 bits per heavy atom. The van der Waals surface area contributed by atoms with Gasteiger partial charge in [-0.05, 0) is 11.6 Å². The van der Waals surface area contributed by atoms with Crippen LogP contribution in [-0.4, -0.2) is 24.3 Å². The van der Waals surface area contributed by atoms with E-state index >= 15 is 0 Å². The monoisotopic (exact) mass is 224 g/mol. The van der Waals surface area contributed by atoms with Gasteiger partial charge < -0.3 is 9.84 Å². The highest BCUT2D eigenvalue weighted by molar-refractivity contribution is 5.72. The van der Waals surface area contributed by atoms with E-state index < -0.39 is 17.3 Å². The zero-order valence-corrected chi connectivity index (χ0v) is 8.94. The third-order valence-corrected chi connectivity index (χ3v) is 3.33. The van der Waals surface area contributed by atoms with Crippen LogP contribution in [-0.2, 0) is 14.9 Å². The number of rotatable bonds is 3. The summed E-state index contributed by atoms with van der Waals surface area (Å²) < 4.78 is 18.8. The molecule has 0 aliphatic carbocycles. The smallest absolute Gasteiger partial charge is 0.307 e. The molecule has 1 aliphatic heterocycles. The molecule has 2 rings (SSSR count). The molecule has 1 saturated heterocycles. The first kappa shape index (κ1) is 11.1. The van der Waals surface area contributed by atoms with Gasteiger partial charge in [-0.1, -0.05) is 25.1 Å². The van der Waals surface area contributed by atoms with E-state index in [0.717, 1.165) is 0 Å². The van der Waals surface area contributed by atoms with Gasteiger partial charge in [0.2, 0.25) is 0 Å². The lowest BCUT2D eigenvalue weighted by Gasteiger charge is -2.44. The molecule has 16 heavy (non-hydrogen) atoms. The van der Waals surface area contributed by atoms with Crippen LogP contribution < -0.4 is 0 Å². The van der Waals surface area contributed by atoms with Crippen LogP contribution in [0.2, 0.25) is 0 Å². The third-order valence-electron chi connectivity index (χ3n) is 3.33. The van der Waals surface area contributed by atoms with Gasteiger partial charge in [-0.3, -0.25) is 4.79 Å².